The normalized spacial score (nSPS) is 10.1. The van der Waals surface area contributed by atoms with Gasteiger partial charge in [0.25, 0.3) is 5.91 Å². The first-order valence-electron chi connectivity index (χ1n) is 4.58. The Morgan fingerprint density at radius 1 is 1.64 bits per heavy atom. The van der Waals surface area contributed by atoms with Crippen LogP contribution >= 0.6 is 11.6 Å². The zero-order chi connectivity index (χ0) is 10.4. The fraction of sp³-hybridized carbons (Fsp3) is 0.556. The molecule has 0 aliphatic rings. The van der Waals surface area contributed by atoms with Gasteiger partial charge in [-0.05, 0) is 18.9 Å². The highest BCUT2D eigenvalue weighted by Crippen LogP contribution is 1.94. The summed E-state index contributed by atoms with van der Waals surface area (Å²) in [5, 5.41) is 6.76. The number of unbranched alkanes of at least 4 members (excludes halogenated alkanes) is 1. The lowest BCUT2D eigenvalue weighted by Crippen LogP contribution is -2.25. The van der Waals surface area contributed by atoms with Gasteiger partial charge in [-0.1, -0.05) is 0 Å². The fourth-order valence-electron chi connectivity index (χ4n) is 1.05. The molecule has 1 N–H and O–H groups in total. The number of aryl methyl sites for hydroxylation is 1. The van der Waals surface area contributed by atoms with Crippen LogP contribution in [0.15, 0.2) is 12.3 Å². The summed E-state index contributed by atoms with van der Waals surface area (Å²) in [5.74, 6) is 0.514. The molecule has 0 bridgehead atoms. The van der Waals surface area contributed by atoms with Crippen LogP contribution in [0.3, 0.4) is 0 Å². The maximum Gasteiger partial charge on any atom is 0.271 e. The van der Waals surface area contributed by atoms with Crippen LogP contribution < -0.4 is 5.32 Å². The molecule has 5 heteroatoms. The van der Waals surface area contributed by atoms with Crippen molar-refractivity contribution in [3.8, 4) is 0 Å². The number of alkyl halides is 1. The number of nitrogens with one attached hydrogen (secondary N) is 1. The summed E-state index contributed by atoms with van der Waals surface area (Å²) in [4.78, 5) is 11.4. The van der Waals surface area contributed by atoms with Crippen molar-refractivity contribution in [3.05, 3.63) is 18.0 Å². The average molecular weight is 216 g/mol. The summed E-state index contributed by atoms with van der Waals surface area (Å²) in [6, 6.07) is 1.69. The summed E-state index contributed by atoms with van der Waals surface area (Å²) in [7, 11) is 1.78. The summed E-state index contributed by atoms with van der Waals surface area (Å²) >= 11 is 5.51. The molecule has 1 heterocycles. The van der Waals surface area contributed by atoms with Gasteiger partial charge >= 0.3 is 0 Å². The third-order valence-electron chi connectivity index (χ3n) is 1.79. The van der Waals surface area contributed by atoms with E-state index in [0.29, 0.717) is 18.1 Å². The van der Waals surface area contributed by atoms with Gasteiger partial charge in [-0.15, -0.1) is 11.6 Å². The van der Waals surface area contributed by atoms with Gasteiger partial charge in [0.2, 0.25) is 0 Å². The molecule has 1 amide bonds. The molecule has 0 aromatic carbocycles. The molecule has 4 nitrogen and oxygen atoms in total. The number of amides is 1. The largest absolute Gasteiger partial charge is 0.351 e. The minimum atomic E-state index is -0.125. The van der Waals surface area contributed by atoms with E-state index in [1.54, 1.807) is 24.0 Å². The fourth-order valence-corrected chi connectivity index (χ4v) is 1.24. The third-order valence-corrected chi connectivity index (χ3v) is 2.06. The molecule has 0 unspecified atom stereocenters. The monoisotopic (exact) mass is 215 g/mol. The van der Waals surface area contributed by atoms with Crippen LogP contribution in [-0.4, -0.2) is 28.1 Å². The van der Waals surface area contributed by atoms with Crippen molar-refractivity contribution in [2.24, 2.45) is 7.05 Å². The predicted octanol–water partition coefficient (Wildman–Crippen LogP) is 1.17. The molecule has 0 radical (unpaired) electrons. The second-order valence-corrected chi connectivity index (χ2v) is 3.40. The molecule has 78 valence electrons. The van der Waals surface area contributed by atoms with Crippen LogP contribution in [0.4, 0.5) is 0 Å². The number of aromatic nitrogens is 2. The summed E-state index contributed by atoms with van der Waals surface area (Å²) in [6.07, 6.45) is 3.57. The van der Waals surface area contributed by atoms with Crippen molar-refractivity contribution in [1.29, 1.82) is 0 Å². The number of rotatable bonds is 5. The molecule has 1 rings (SSSR count). The molecule has 0 atom stereocenters. The SMILES string of the molecule is Cn1ccc(C(=O)NCCCCCl)n1. The van der Waals surface area contributed by atoms with Crippen molar-refractivity contribution in [2.75, 3.05) is 12.4 Å². The Morgan fingerprint density at radius 2 is 2.43 bits per heavy atom. The molecule has 1 aromatic heterocycles. The van der Waals surface area contributed by atoms with Crippen LogP contribution in [0.1, 0.15) is 23.3 Å². The zero-order valence-electron chi connectivity index (χ0n) is 8.16. The first-order chi connectivity index (χ1) is 6.74. The number of carbonyl (C=O) groups is 1. The Bertz CT molecular complexity index is 298. The van der Waals surface area contributed by atoms with E-state index in [9.17, 15) is 4.79 Å². The minimum absolute atomic E-state index is 0.125. The highest BCUT2D eigenvalue weighted by Gasteiger charge is 2.06. The van der Waals surface area contributed by atoms with Gasteiger partial charge in [0.15, 0.2) is 0 Å². The average Bonchev–Trinajstić information content (AvgIpc) is 2.59. The Labute approximate surface area is 88.2 Å². The molecule has 0 saturated heterocycles. The van der Waals surface area contributed by atoms with Crippen molar-refractivity contribution >= 4 is 17.5 Å². The van der Waals surface area contributed by atoms with Gasteiger partial charge in [0.05, 0.1) is 0 Å². The summed E-state index contributed by atoms with van der Waals surface area (Å²) in [5.41, 5.74) is 0.457. The van der Waals surface area contributed by atoms with E-state index >= 15 is 0 Å². The first kappa shape index (κ1) is 11.0. The van der Waals surface area contributed by atoms with Gasteiger partial charge in [-0.3, -0.25) is 9.48 Å². The Balaban J connectivity index is 2.29. The molecular weight excluding hydrogens is 202 g/mol. The Kier molecular flexibility index (Phi) is 4.46. The van der Waals surface area contributed by atoms with Crippen LogP contribution in [0.5, 0.6) is 0 Å². The Morgan fingerprint density at radius 3 is 3.00 bits per heavy atom. The number of nitrogens with zero attached hydrogens (tertiary/aromatic N) is 2. The lowest BCUT2D eigenvalue weighted by molar-refractivity contribution is 0.0947. The molecule has 0 aliphatic heterocycles. The third kappa shape index (κ3) is 3.38. The van der Waals surface area contributed by atoms with Gasteiger partial charge in [0, 0.05) is 25.7 Å². The second kappa shape index (κ2) is 5.65. The Hall–Kier alpha value is -1.03. The number of halogens is 1. The van der Waals surface area contributed by atoms with E-state index in [0.717, 1.165) is 12.8 Å². The van der Waals surface area contributed by atoms with Gasteiger partial charge in [-0.2, -0.15) is 5.10 Å². The molecule has 0 spiro atoms. The minimum Gasteiger partial charge on any atom is -0.351 e. The highest BCUT2D eigenvalue weighted by atomic mass is 35.5. The van der Waals surface area contributed by atoms with Crippen LogP contribution in [0.2, 0.25) is 0 Å². The molecule has 1 aromatic rings. The van der Waals surface area contributed by atoms with Crippen LogP contribution in [0.25, 0.3) is 0 Å². The van der Waals surface area contributed by atoms with Crippen molar-refractivity contribution in [1.82, 2.24) is 15.1 Å². The number of hydrogen-bond acceptors (Lipinski definition) is 2. The number of hydrogen-bond donors (Lipinski definition) is 1. The standard InChI is InChI=1S/C9H14ClN3O/c1-13-7-4-8(12-13)9(14)11-6-3-2-5-10/h4,7H,2-3,5-6H2,1H3,(H,11,14). The van der Waals surface area contributed by atoms with E-state index in [4.69, 9.17) is 11.6 Å². The van der Waals surface area contributed by atoms with Crippen molar-refractivity contribution < 1.29 is 4.79 Å². The van der Waals surface area contributed by atoms with Crippen molar-refractivity contribution in [2.45, 2.75) is 12.8 Å². The van der Waals surface area contributed by atoms with Crippen LogP contribution in [0, 0.1) is 0 Å². The molecule has 0 aliphatic carbocycles. The van der Waals surface area contributed by atoms with E-state index in [-0.39, 0.29) is 5.91 Å². The smallest absolute Gasteiger partial charge is 0.271 e. The number of carbonyl (C=O) groups excluding carboxylic acids is 1. The lowest BCUT2D eigenvalue weighted by atomic mass is 10.3. The summed E-state index contributed by atoms with van der Waals surface area (Å²) in [6.45, 7) is 0.655. The first-order valence-corrected chi connectivity index (χ1v) is 5.11. The molecule has 0 fully saturated rings. The zero-order valence-corrected chi connectivity index (χ0v) is 8.92. The van der Waals surface area contributed by atoms with E-state index in [2.05, 4.69) is 10.4 Å². The van der Waals surface area contributed by atoms with E-state index < -0.39 is 0 Å². The predicted molar refractivity (Wildman–Crippen MR) is 55.5 cm³/mol. The molecule has 14 heavy (non-hydrogen) atoms. The van der Waals surface area contributed by atoms with Crippen LogP contribution in [-0.2, 0) is 7.05 Å². The van der Waals surface area contributed by atoms with Crippen molar-refractivity contribution in [3.63, 3.8) is 0 Å². The maximum atomic E-state index is 11.4. The topological polar surface area (TPSA) is 46.9 Å². The maximum absolute atomic E-state index is 11.4. The lowest BCUT2D eigenvalue weighted by Gasteiger charge is -2.00. The second-order valence-electron chi connectivity index (χ2n) is 3.03. The molecule has 0 saturated carbocycles. The quantitative estimate of drug-likeness (QED) is 0.592. The van der Waals surface area contributed by atoms with Gasteiger partial charge in [0.1, 0.15) is 5.69 Å². The van der Waals surface area contributed by atoms with E-state index in [1.165, 1.54) is 0 Å². The highest BCUT2D eigenvalue weighted by molar-refractivity contribution is 6.17. The van der Waals surface area contributed by atoms with Gasteiger partial charge < -0.3 is 5.32 Å². The molecular formula is C9H14ClN3O. The summed E-state index contributed by atoms with van der Waals surface area (Å²) < 4.78 is 1.60. The van der Waals surface area contributed by atoms with Gasteiger partial charge in [-0.25, -0.2) is 0 Å². The van der Waals surface area contributed by atoms with E-state index in [1.807, 2.05) is 0 Å².